The highest BCUT2D eigenvalue weighted by Gasteiger charge is 2.45. The minimum Gasteiger partial charge on any atom is -0.391 e. The van der Waals surface area contributed by atoms with E-state index in [1.807, 2.05) is 6.92 Å². The average Bonchev–Trinajstić information content (AvgIpc) is 2.42. The van der Waals surface area contributed by atoms with Crippen LogP contribution in [0.15, 0.2) is 0 Å². The topological polar surface area (TPSA) is 53.2 Å². The lowest BCUT2D eigenvalue weighted by Gasteiger charge is -2.29. The summed E-state index contributed by atoms with van der Waals surface area (Å²) in [5.41, 5.74) is -0.506. The molecule has 0 saturated heterocycles. The number of nitrogens with zero attached hydrogens (tertiary/aromatic N) is 1. The largest absolute Gasteiger partial charge is 0.391 e. The van der Waals surface area contributed by atoms with Gasteiger partial charge in [0.1, 0.15) is 0 Å². The molecule has 1 saturated carbocycles. The molecular weight excluding hydrogens is 190 g/mol. The third kappa shape index (κ3) is 2.93. The minimum absolute atomic E-state index is 0.175. The zero-order valence-electron chi connectivity index (χ0n) is 10.1. The molecule has 1 fully saturated rings. The molecule has 15 heavy (non-hydrogen) atoms. The molecule has 1 N–H and O–H groups in total. The van der Waals surface area contributed by atoms with Crippen LogP contribution in [0.25, 0.3) is 0 Å². The lowest BCUT2D eigenvalue weighted by molar-refractivity contribution is -0.0955. The second-order valence-corrected chi connectivity index (χ2v) is 5.51. The van der Waals surface area contributed by atoms with Gasteiger partial charge in [-0.2, -0.15) is 5.26 Å². The van der Waals surface area contributed by atoms with Crippen LogP contribution in [0, 0.1) is 16.7 Å². The van der Waals surface area contributed by atoms with Gasteiger partial charge in [0.05, 0.1) is 18.3 Å². The van der Waals surface area contributed by atoms with E-state index in [0.717, 1.165) is 19.3 Å². The average molecular weight is 211 g/mol. The third-order valence-electron chi connectivity index (χ3n) is 3.26. The molecule has 1 rings (SSSR count). The molecule has 0 spiro atoms. The Morgan fingerprint density at radius 2 is 1.93 bits per heavy atom. The Balaban J connectivity index is 2.69. The van der Waals surface area contributed by atoms with Gasteiger partial charge in [0.15, 0.2) is 5.60 Å². The first-order chi connectivity index (χ1) is 6.80. The van der Waals surface area contributed by atoms with Gasteiger partial charge in [0, 0.05) is 0 Å². The molecule has 0 bridgehead atoms. The second-order valence-electron chi connectivity index (χ2n) is 5.51. The maximum Gasteiger partial charge on any atom is 0.155 e. The van der Waals surface area contributed by atoms with E-state index in [1.165, 1.54) is 0 Å². The van der Waals surface area contributed by atoms with Gasteiger partial charge in [-0.1, -0.05) is 13.8 Å². The number of rotatable bonds is 3. The summed E-state index contributed by atoms with van der Waals surface area (Å²) in [4.78, 5) is 0. The monoisotopic (exact) mass is 211 g/mol. The Hall–Kier alpha value is -0.590. The number of aliphatic hydroxyl groups excluding tert-OH is 1. The van der Waals surface area contributed by atoms with Crippen molar-refractivity contribution in [3.63, 3.8) is 0 Å². The van der Waals surface area contributed by atoms with E-state index in [9.17, 15) is 10.4 Å². The quantitative estimate of drug-likeness (QED) is 0.779. The SMILES string of the molecule is CC(O)C(C)OC1(C#N)CCC(C)(C)C1. The van der Waals surface area contributed by atoms with Gasteiger partial charge in [0.25, 0.3) is 0 Å². The number of nitriles is 1. The van der Waals surface area contributed by atoms with E-state index in [-0.39, 0.29) is 11.5 Å². The fourth-order valence-electron chi connectivity index (χ4n) is 2.17. The third-order valence-corrected chi connectivity index (χ3v) is 3.26. The Kier molecular flexibility index (Phi) is 3.42. The maximum absolute atomic E-state index is 9.39. The summed E-state index contributed by atoms with van der Waals surface area (Å²) in [6, 6.07) is 2.29. The molecule has 0 amide bonds. The highest BCUT2D eigenvalue weighted by atomic mass is 16.5. The number of aliphatic hydroxyl groups is 1. The Morgan fingerprint density at radius 1 is 1.33 bits per heavy atom. The molecule has 0 aliphatic heterocycles. The molecular formula is C12H21NO2. The fourth-order valence-corrected chi connectivity index (χ4v) is 2.17. The molecule has 3 nitrogen and oxygen atoms in total. The highest BCUT2D eigenvalue weighted by Crippen LogP contribution is 2.45. The van der Waals surface area contributed by atoms with E-state index in [1.54, 1.807) is 6.92 Å². The van der Waals surface area contributed by atoms with Crippen LogP contribution < -0.4 is 0 Å². The van der Waals surface area contributed by atoms with Crippen molar-refractivity contribution in [1.82, 2.24) is 0 Å². The van der Waals surface area contributed by atoms with Crippen molar-refractivity contribution >= 4 is 0 Å². The minimum atomic E-state index is -0.681. The van der Waals surface area contributed by atoms with Crippen LogP contribution in [0.3, 0.4) is 0 Å². The normalized spacial score (nSPS) is 33.3. The fraction of sp³-hybridized carbons (Fsp3) is 0.917. The van der Waals surface area contributed by atoms with Gasteiger partial charge >= 0.3 is 0 Å². The molecule has 0 radical (unpaired) electrons. The summed E-state index contributed by atoms with van der Waals surface area (Å²) in [6.45, 7) is 7.82. The van der Waals surface area contributed by atoms with E-state index >= 15 is 0 Å². The summed E-state index contributed by atoms with van der Waals surface area (Å²) in [5.74, 6) is 0. The van der Waals surface area contributed by atoms with Crippen molar-refractivity contribution in [3.8, 4) is 6.07 Å². The predicted octanol–water partition coefficient (Wildman–Crippen LogP) is 2.24. The lowest BCUT2D eigenvalue weighted by atomic mass is 9.89. The van der Waals surface area contributed by atoms with Crippen LogP contribution in [0.4, 0.5) is 0 Å². The molecule has 0 aromatic carbocycles. The molecule has 86 valence electrons. The Bertz CT molecular complexity index is 267. The smallest absolute Gasteiger partial charge is 0.155 e. The van der Waals surface area contributed by atoms with Crippen molar-refractivity contribution in [2.24, 2.45) is 5.41 Å². The first-order valence-electron chi connectivity index (χ1n) is 5.57. The van der Waals surface area contributed by atoms with Gasteiger partial charge in [-0.25, -0.2) is 0 Å². The molecule has 3 atom stereocenters. The van der Waals surface area contributed by atoms with Crippen LogP contribution in [0.2, 0.25) is 0 Å². The number of hydrogen-bond acceptors (Lipinski definition) is 3. The molecule has 0 aromatic heterocycles. The zero-order valence-corrected chi connectivity index (χ0v) is 10.1. The molecule has 3 heteroatoms. The van der Waals surface area contributed by atoms with E-state index in [4.69, 9.17) is 4.74 Å². The van der Waals surface area contributed by atoms with Crippen LogP contribution in [-0.4, -0.2) is 22.9 Å². The van der Waals surface area contributed by atoms with Gasteiger partial charge in [-0.05, 0) is 38.5 Å². The van der Waals surface area contributed by atoms with E-state index < -0.39 is 11.7 Å². The first kappa shape index (κ1) is 12.5. The van der Waals surface area contributed by atoms with Crippen LogP contribution in [0.5, 0.6) is 0 Å². The standard InChI is InChI=1S/C12H21NO2/c1-9(14)10(2)15-12(8-13)6-5-11(3,4)7-12/h9-10,14H,5-7H2,1-4H3. The second kappa shape index (κ2) is 4.11. The summed E-state index contributed by atoms with van der Waals surface area (Å²) in [7, 11) is 0. The Morgan fingerprint density at radius 3 is 2.27 bits per heavy atom. The van der Waals surface area contributed by atoms with Crippen LogP contribution in [0.1, 0.15) is 47.0 Å². The van der Waals surface area contributed by atoms with Gasteiger partial charge < -0.3 is 9.84 Å². The van der Waals surface area contributed by atoms with Crippen molar-refractivity contribution in [3.05, 3.63) is 0 Å². The van der Waals surface area contributed by atoms with E-state index in [0.29, 0.717) is 0 Å². The predicted molar refractivity (Wildman–Crippen MR) is 58.2 cm³/mol. The van der Waals surface area contributed by atoms with E-state index in [2.05, 4.69) is 19.9 Å². The van der Waals surface area contributed by atoms with Crippen molar-refractivity contribution < 1.29 is 9.84 Å². The summed E-state index contributed by atoms with van der Waals surface area (Å²) >= 11 is 0. The first-order valence-corrected chi connectivity index (χ1v) is 5.57. The van der Waals surface area contributed by atoms with Crippen LogP contribution >= 0.6 is 0 Å². The summed E-state index contributed by atoms with van der Waals surface area (Å²) in [6.07, 6.45) is 1.73. The lowest BCUT2D eigenvalue weighted by Crippen LogP contribution is -2.37. The van der Waals surface area contributed by atoms with Crippen molar-refractivity contribution in [2.45, 2.75) is 64.8 Å². The molecule has 1 aliphatic rings. The zero-order chi connectivity index (χ0) is 11.7. The van der Waals surface area contributed by atoms with Gasteiger partial charge in [0.2, 0.25) is 0 Å². The van der Waals surface area contributed by atoms with Crippen molar-refractivity contribution in [2.75, 3.05) is 0 Å². The Labute approximate surface area is 92.0 Å². The number of hydrogen-bond donors (Lipinski definition) is 1. The summed E-state index contributed by atoms with van der Waals surface area (Å²) < 4.78 is 5.73. The molecule has 0 heterocycles. The van der Waals surface area contributed by atoms with Crippen LogP contribution in [-0.2, 0) is 4.74 Å². The van der Waals surface area contributed by atoms with Gasteiger partial charge in [-0.3, -0.25) is 0 Å². The maximum atomic E-state index is 9.39. The summed E-state index contributed by atoms with van der Waals surface area (Å²) in [5, 5.41) is 18.6. The molecule has 1 aliphatic carbocycles. The molecule has 3 unspecified atom stereocenters. The molecule has 0 aromatic rings. The highest BCUT2D eigenvalue weighted by molar-refractivity contribution is 5.09. The number of ether oxygens (including phenoxy) is 1. The van der Waals surface area contributed by atoms with Gasteiger partial charge in [-0.15, -0.1) is 0 Å². The van der Waals surface area contributed by atoms with Crippen molar-refractivity contribution in [1.29, 1.82) is 5.26 Å².